The molecule has 2 aromatic heterocycles. The van der Waals surface area contributed by atoms with Gasteiger partial charge in [0.1, 0.15) is 15.9 Å². The second-order valence-electron chi connectivity index (χ2n) is 7.78. The third-order valence-electron chi connectivity index (χ3n) is 5.33. The molecule has 0 radical (unpaired) electrons. The molecule has 2 heterocycles. The first-order chi connectivity index (χ1) is 13.8. The number of anilines is 2. The largest absolute Gasteiger partial charge is 0.349 e. The minimum absolute atomic E-state index is 0.162. The number of fused-ring (bicyclic) bond motifs is 1. The molecule has 8 heteroatoms. The molecule has 6 nitrogen and oxygen atoms in total. The quantitative estimate of drug-likeness (QED) is 0.511. The molecule has 152 valence electrons. The summed E-state index contributed by atoms with van der Waals surface area (Å²) in [6.45, 7) is 5.83. The molecule has 1 aliphatic rings. The first kappa shape index (κ1) is 19.8. The average Bonchev–Trinajstić information content (AvgIpc) is 3.04. The molecule has 0 spiro atoms. The third-order valence-corrected chi connectivity index (χ3v) is 5.74. The molecule has 0 aliphatic heterocycles. The molecule has 29 heavy (non-hydrogen) atoms. The number of carbonyl (C=O) groups excluding carboxylic acids is 1. The standard InChI is InChI=1S/C21H23BrFN5O/c1-11(2)28-10-24-17-9-18(22)27-20(19(17)28)26-16-8-14(12(3)7-15(16)23)21(29)25-13-5-4-6-13/h7-11,13H,4-6H2,1-3H3,(H,25,29)(H,26,27). The lowest BCUT2D eigenvalue weighted by Crippen LogP contribution is -2.39. The molecular weight excluding hydrogens is 437 g/mol. The minimum atomic E-state index is -0.437. The highest BCUT2D eigenvalue weighted by molar-refractivity contribution is 9.10. The number of nitrogens with zero attached hydrogens (tertiary/aromatic N) is 3. The molecule has 1 aliphatic carbocycles. The van der Waals surface area contributed by atoms with Crippen LogP contribution in [0.1, 0.15) is 55.1 Å². The highest BCUT2D eigenvalue weighted by atomic mass is 79.9. The van der Waals surface area contributed by atoms with E-state index in [1.165, 1.54) is 6.07 Å². The van der Waals surface area contributed by atoms with Crippen molar-refractivity contribution in [3.05, 3.63) is 46.1 Å². The molecule has 1 aromatic carbocycles. The molecule has 0 bridgehead atoms. The van der Waals surface area contributed by atoms with Gasteiger partial charge >= 0.3 is 0 Å². The summed E-state index contributed by atoms with van der Waals surface area (Å²) in [7, 11) is 0. The number of halogens is 2. The van der Waals surface area contributed by atoms with E-state index in [4.69, 9.17) is 0 Å². The van der Waals surface area contributed by atoms with Crippen LogP contribution in [0.2, 0.25) is 0 Å². The fraction of sp³-hybridized carbons (Fsp3) is 0.381. The van der Waals surface area contributed by atoms with E-state index in [1.54, 1.807) is 19.3 Å². The number of aromatic nitrogens is 3. The zero-order valence-corrected chi connectivity index (χ0v) is 18.2. The zero-order valence-electron chi connectivity index (χ0n) is 16.6. The summed E-state index contributed by atoms with van der Waals surface area (Å²) >= 11 is 3.39. The molecule has 0 saturated heterocycles. The Hall–Kier alpha value is -2.48. The van der Waals surface area contributed by atoms with Crippen molar-refractivity contribution in [1.29, 1.82) is 0 Å². The van der Waals surface area contributed by atoms with Gasteiger partial charge in [-0.25, -0.2) is 14.4 Å². The smallest absolute Gasteiger partial charge is 0.251 e. The van der Waals surface area contributed by atoms with E-state index in [9.17, 15) is 9.18 Å². The lowest BCUT2D eigenvalue weighted by atomic mass is 9.92. The number of imidazole rings is 1. The first-order valence-corrected chi connectivity index (χ1v) is 10.5. The van der Waals surface area contributed by atoms with Gasteiger partial charge in [-0.15, -0.1) is 0 Å². The maximum atomic E-state index is 14.7. The number of pyridine rings is 1. The Balaban J connectivity index is 1.73. The van der Waals surface area contributed by atoms with Crippen molar-refractivity contribution >= 4 is 44.4 Å². The van der Waals surface area contributed by atoms with Gasteiger partial charge in [-0.05, 0) is 79.7 Å². The van der Waals surface area contributed by atoms with Crippen LogP contribution >= 0.6 is 15.9 Å². The van der Waals surface area contributed by atoms with E-state index in [1.807, 2.05) is 24.5 Å². The fourth-order valence-corrected chi connectivity index (χ4v) is 3.86. The van der Waals surface area contributed by atoms with E-state index in [-0.39, 0.29) is 23.7 Å². The molecule has 4 rings (SSSR count). The van der Waals surface area contributed by atoms with Gasteiger partial charge in [0.25, 0.3) is 5.91 Å². The van der Waals surface area contributed by atoms with Crippen molar-refractivity contribution in [2.24, 2.45) is 0 Å². The van der Waals surface area contributed by atoms with Gasteiger partial charge < -0.3 is 15.2 Å². The van der Waals surface area contributed by atoms with Crippen molar-refractivity contribution < 1.29 is 9.18 Å². The molecule has 1 fully saturated rings. The summed E-state index contributed by atoms with van der Waals surface area (Å²) in [5, 5.41) is 6.10. The summed E-state index contributed by atoms with van der Waals surface area (Å²) in [6, 6.07) is 5.14. The van der Waals surface area contributed by atoms with E-state index < -0.39 is 5.82 Å². The number of aryl methyl sites for hydroxylation is 1. The van der Waals surface area contributed by atoms with Crippen LogP contribution in [-0.4, -0.2) is 26.5 Å². The van der Waals surface area contributed by atoms with Crippen LogP contribution < -0.4 is 10.6 Å². The van der Waals surface area contributed by atoms with Crippen LogP contribution in [0, 0.1) is 12.7 Å². The van der Waals surface area contributed by atoms with E-state index in [2.05, 4.69) is 36.5 Å². The SMILES string of the molecule is Cc1cc(F)c(Nc2nc(Br)cc3ncn(C(C)C)c23)cc1C(=O)NC1CCC1. The van der Waals surface area contributed by atoms with Crippen LogP contribution in [0.4, 0.5) is 15.9 Å². The van der Waals surface area contributed by atoms with Crippen LogP contribution in [-0.2, 0) is 0 Å². The maximum Gasteiger partial charge on any atom is 0.251 e. The van der Waals surface area contributed by atoms with Gasteiger partial charge in [0.15, 0.2) is 5.82 Å². The van der Waals surface area contributed by atoms with Gasteiger partial charge in [-0.1, -0.05) is 0 Å². The molecule has 1 saturated carbocycles. The van der Waals surface area contributed by atoms with Crippen LogP contribution in [0.3, 0.4) is 0 Å². The lowest BCUT2D eigenvalue weighted by molar-refractivity contribution is 0.0916. The summed E-state index contributed by atoms with van der Waals surface area (Å²) in [6.07, 6.45) is 4.87. The Kier molecular flexibility index (Phi) is 5.29. The lowest BCUT2D eigenvalue weighted by Gasteiger charge is -2.26. The number of hydrogen-bond acceptors (Lipinski definition) is 4. The molecule has 0 atom stereocenters. The Labute approximate surface area is 177 Å². The van der Waals surface area contributed by atoms with Crippen molar-refractivity contribution in [1.82, 2.24) is 19.9 Å². The number of nitrogens with one attached hydrogen (secondary N) is 2. The van der Waals surface area contributed by atoms with E-state index in [0.29, 0.717) is 21.5 Å². The highest BCUT2D eigenvalue weighted by Gasteiger charge is 2.22. The predicted octanol–water partition coefficient (Wildman–Crippen LogP) is 5.25. The topological polar surface area (TPSA) is 71.8 Å². The summed E-state index contributed by atoms with van der Waals surface area (Å²) in [4.78, 5) is 21.6. The summed E-state index contributed by atoms with van der Waals surface area (Å²) in [5.74, 6) is -0.128. The van der Waals surface area contributed by atoms with Crippen molar-refractivity contribution in [2.75, 3.05) is 5.32 Å². The number of amides is 1. The summed E-state index contributed by atoms with van der Waals surface area (Å²) in [5.41, 5.74) is 2.80. The molecule has 0 unspecified atom stereocenters. The molecule has 2 N–H and O–H groups in total. The fourth-order valence-electron chi connectivity index (χ4n) is 3.46. The van der Waals surface area contributed by atoms with Crippen LogP contribution in [0.15, 0.2) is 29.1 Å². The van der Waals surface area contributed by atoms with Crippen molar-refractivity contribution in [3.63, 3.8) is 0 Å². The number of hydrogen-bond donors (Lipinski definition) is 2. The molecule has 1 amide bonds. The second kappa shape index (κ2) is 7.74. The van der Waals surface area contributed by atoms with Gasteiger partial charge in [-0.3, -0.25) is 4.79 Å². The van der Waals surface area contributed by atoms with Gasteiger partial charge in [0.05, 0.1) is 17.5 Å². The average molecular weight is 460 g/mol. The van der Waals surface area contributed by atoms with Gasteiger partial charge in [0.2, 0.25) is 0 Å². The maximum absolute atomic E-state index is 14.7. The number of carbonyl (C=O) groups is 1. The van der Waals surface area contributed by atoms with E-state index >= 15 is 0 Å². The minimum Gasteiger partial charge on any atom is -0.349 e. The first-order valence-electron chi connectivity index (χ1n) is 9.74. The van der Waals surface area contributed by atoms with Crippen molar-refractivity contribution in [3.8, 4) is 0 Å². The third kappa shape index (κ3) is 3.85. The molecular formula is C21H23BrFN5O. The Morgan fingerprint density at radius 3 is 2.72 bits per heavy atom. The van der Waals surface area contributed by atoms with Gasteiger partial charge in [0, 0.05) is 17.6 Å². The summed E-state index contributed by atoms with van der Waals surface area (Å²) < 4.78 is 17.3. The number of rotatable bonds is 5. The Bertz CT molecular complexity index is 1090. The highest BCUT2D eigenvalue weighted by Crippen LogP contribution is 2.31. The normalized spacial score (nSPS) is 14.3. The Morgan fingerprint density at radius 1 is 1.31 bits per heavy atom. The number of benzene rings is 1. The molecule has 3 aromatic rings. The van der Waals surface area contributed by atoms with Crippen molar-refractivity contribution in [2.45, 2.75) is 52.1 Å². The van der Waals surface area contributed by atoms with Crippen LogP contribution in [0.5, 0.6) is 0 Å². The zero-order chi connectivity index (χ0) is 20.7. The van der Waals surface area contributed by atoms with Gasteiger partial charge in [-0.2, -0.15) is 0 Å². The second-order valence-corrected chi connectivity index (χ2v) is 8.59. The predicted molar refractivity (Wildman–Crippen MR) is 115 cm³/mol. The Morgan fingerprint density at radius 2 is 2.07 bits per heavy atom. The monoisotopic (exact) mass is 459 g/mol. The van der Waals surface area contributed by atoms with E-state index in [0.717, 1.165) is 30.3 Å². The van der Waals surface area contributed by atoms with Crippen LogP contribution in [0.25, 0.3) is 11.0 Å².